The van der Waals surface area contributed by atoms with Gasteiger partial charge in [0.1, 0.15) is 12.4 Å². The number of amides is 3. The van der Waals surface area contributed by atoms with E-state index in [1.807, 2.05) is 0 Å². The van der Waals surface area contributed by atoms with Crippen molar-refractivity contribution in [2.45, 2.75) is 6.54 Å². The van der Waals surface area contributed by atoms with Crippen LogP contribution in [0.25, 0.3) is 0 Å². The van der Waals surface area contributed by atoms with E-state index in [1.165, 1.54) is 18.2 Å². The standard InChI is InChI=1S/C12H14FN3O4/c13-9-3-1-2-8(4-9)5-15-12(20)16-6-10(17)14-7-11(18)19/h1-4H,5-7H2,(H,14,17)(H,18,19)(H2,15,16,20). The zero-order valence-corrected chi connectivity index (χ0v) is 10.5. The number of halogens is 1. The van der Waals surface area contributed by atoms with E-state index in [-0.39, 0.29) is 13.1 Å². The first-order chi connectivity index (χ1) is 9.47. The van der Waals surface area contributed by atoms with Gasteiger partial charge >= 0.3 is 12.0 Å². The second kappa shape index (κ2) is 7.72. The summed E-state index contributed by atoms with van der Waals surface area (Å²) in [5, 5.41) is 15.1. The summed E-state index contributed by atoms with van der Waals surface area (Å²) in [6.45, 7) is -0.742. The Labute approximate surface area is 114 Å². The number of carboxylic acid groups (broad SMARTS) is 1. The average molecular weight is 283 g/mol. The summed E-state index contributed by atoms with van der Waals surface area (Å²) in [5.74, 6) is -2.19. The van der Waals surface area contributed by atoms with Gasteiger partial charge in [0, 0.05) is 6.54 Å². The van der Waals surface area contributed by atoms with E-state index in [4.69, 9.17) is 5.11 Å². The number of carboxylic acids is 1. The molecule has 0 aromatic heterocycles. The van der Waals surface area contributed by atoms with Crippen LogP contribution in [0, 0.1) is 5.82 Å². The van der Waals surface area contributed by atoms with Crippen molar-refractivity contribution < 1.29 is 23.9 Å². The molecule has 0 unspecified atom stereocenters. The minimum atomic E-state index is -1.17. The van der Waals surface area contributed by atoms with E-state index >= 15 is 0 Å². The number of aliphatic carboxylic acids is 1. The van der Waals surface area contributed by atoms with Gasteiger partial charge < -0.3 is 21.1 Å². The Morgan fingerprint density at radius 1 is 1.10 bits per heavy atom. The van der Waals surface area contributed by atoms with Crippen LogP contribution < -0.4 is 16.0 Å². The van der Waals surface area contributed by atoms with E-state index < -0.39 is 30.3 Å². The molecule has 0 saturated heterocycles. The zero-order valence-electron chi connectivity index (χ0n) is 10.5. The summed E-state index contributed by atoms with van der Waals surface area (Å²) in [6, 6.07) is 5.11. The smallest absolute Gasteiger partial charge is 0.322 e. The molecule has 108 valence electrons. The molecule has 8 heteroatoms. The highest BCUT2D eigenvalue weighted by Gasteiger charge is 2.06. The molecule has 7 nitrogen and oxygen atoms in total. The summed E-state index contributed by atoms with van der Waals surface area (Å²) < 4.78 is 12.9. The van der Waals surface area contributed by atoms with Crippen LogP contribution in [-0.2, 0) is 16.1 Å². The van der Waals surface area contributed by atoms with Crippen molar-refractivity contribution in [3.8, 4) is 0 Å². The number of rotatable bonds is 6. The van der Waals surface area contributed by atoms with Crippen molar-refractivity contribution in [1.82, 2.24) is 16.0 Å². The predicted molar refractivity (Wildman–Crippen MR) is 67.3 cm³/mol. The van der Waals surface area contributed by atoms with Crippen molar-refractivity contribution in [2.24, 2.45) is 0 Å². The Kier molecular flexibility index (Phi) is 5.95. The molecule has 0 heterocycles. The normalized spacial score (nSPS) is 9.65. The third-order valence-electron chi connectivity index (χ3n) is 2.19. The van der Waals surface area contributed by atoms with Crippen LogP contribution in [0.15, 0.2) is 24.3 Å². The molecule has 1 aromatic carbocycles. The molecular formula is C12H14FN3O4. The zero-order chi connectivity index (χ0) is 15.0. The third-order valence-corrected chi connectivity index (χ3v) is 2.19. The Hall–Kier alpha value is -2.64. The van der Waals surface area contributed by atoms with Gasteiger partial charge in [0.2, 0.25) is 5.91 Å². The Morgan fingerprint density at radius 3 is 2.50 bits per heavy atom. The number of nitrogens with one attached hydrogen (secondary N) is 3. The van der Waals surface area contributed by atoms with E-state index in [1.54, 1.807) is 6.07 Å². The molecule has 0 spiro atoms. The molecular weight excluding hydrogens is 269 g/mol. The monoisotopic (exact) mass is 283 g/mol. The van der Waals surface area contributed by atoms with Gasteiger partial charge in [-0.25, -0.2) is 9.18 Å². The first-order valence-corrected chi connectivity index (χ1v) is 5.72. The molecule has 1 aromatic rings. The molecule has 0 radical (unpaired) electrons. The topological polar surface area (TPSA) is 108 Å². The number of carbonyl (C=O) groups is 3. The Morgan fingerprint density at radius 2 is 1.85 bits per heavy atom. The van der Waals surface area contributed by atoms with Crippen LogP contribution in [0.3, 0.4) is 0 Å². The maximum Gasteiger partial charge on any atom is 0.322 e. The molecule has 0 aliphatic carbocycles. The molecule has 20 heavy (non-hydrogen) atoms. The summed E-state index contributed by atoms with van der Waals surface area (Å²) >= 11 is 0. The third kappa shape index (κ3) is 6.34. The van der Waals surface area contributed by atoms with Crippen molar-refractivity contribution in [2.75, 3.05) is 13.1 Å². The van der Waals surface area contributed by atoms with Gasteiger partial charge in [-0.05, 0) is 17.7 Å². The molecule has 0 aliphatic heterocycles. The Bertz CT molecular complexity index is 507. The highest BCUT2D eigenvalue weighted by Crippen LogP contribution is 2.02. The van der Waals surface area contributed by atoms with Gasteiger partial charge in [0.15, 0.2) is 0 Å². The van der Waals surface area contributed by atoms with E-state index in [9.17, 15) is 18.8 Å². The maximum absolute atomic E-state index is 12.9. The average Bonchev–Trinajstić information content (AvgIpc) is 2.40. The lowest BCUT2D eigenvalue weighted by Gasteiger charge is -2.07. The number of hydrogen-bond donors (Lipinski definition) is 4. The van der Waals surface area contributed by atoms with E-state index in [0.717, 1.165) is 0 Å². The van der Waals surface area contributed by atoms with Crippen LogP contribution >= 0.6 is 0 Å². The number of carbonyl (C=O) groups excluding carboxylic acids is 2. The fourth-order valence-electron chi connectivity index (χ4n) is 1.29. The lowest BCUT2D eigenvalue weighted by molar-refractivity contribution is -0.137. The second-order valence-corrected chi connectivity index (χ2v) is 3.84. The van der Waals surface area contributed by atoms with E-state index in [0.29, 0.717) is 5.56 Å². The van der Waals surface area contributed by atoms with Gasteiger partial charge in [-0.1, -0.05) is 12.1 Å². The van der Waals surface area contributed by atoms with Crippen LogP contribution in [-0.4, -0.2) is 36.1 Å². The first-order valence-electron chi connectivity index (χ1n) is 5.72. The quantitative estimate of drug-likeness (QED) is 0.581. The lowest BCUT2D eigenvalue weighted by atomic mass is 10.2. The van der Waals surface area contributed by atoms with Crippen LogP contribution in [0.2, 0.25) is 0 Å². The van der Waals surface area contributed by atoms with Crippen molar-refractivity contribution in [1.29, 1.82) is 0 Å². The fourth-order valence-corrected chi connectivity index (χ4v) is 1.29. The molecule has 1 rings (SSSR count). The molecule has 4 N–H and O–H groups in total. The van der Waals surface area contributed by atoms with Gasteiger partial charge in [0.05, 0.1) is 6.54 Å². The minimum Gasteiger partial charge on any atom is -0.480 e. The van der Waals surface area contributed by atoms with Crippen LogP contribution in [0.5, 0.6) is 0 Å². The number of urea groups is 1. The molecule has 0 fully saturated rings. The van der Waals surface area contributed by atoms with Crippen LogP contribution in [0.4, 0.5) is 9.18 Å². The molecule has 0 saturated carbocycles. The van der Waals surface area contributed by atoms with Gasteiger partial charge in [0.25, 0.3) is 0 Å². The highest BCUT2D eigenvalue weighted by molar-refractivity contribution is 5.86. The number of benzene rings is 1. The molecule has 0 aliphatic rings. The van der Waals surface area contributed by atoms with Gasteiger partial charge in [-0.2, -0.15) is 0 Å². The maximum atomic E-state index is 12.9. The molecule has 3 amide bonds. The summed E-state index contributed by atoms with van der Waals surface area (Å²) in [5.41, 5.74) is 0.579. The SMILES string of the molecule is O=C(O)CNC(=O)CNC(=O)NCc1cccc(F)c1. The summed E-state index contributed by atoms with van der Waals surface area (Å²) in [4.78, 5) is 32.6. The molecule has 0 bridgehead atoms. The summed E-state index contributed by atoms with van der Waals surface area (Å²) in [7, 11) is 0. The van der Waals surface area contributed by atoms with E-state index in [2.05, 4.69) is 16.0 Å². The van der Waals surface area contributed by atoms with Crippen molar-refractivity contribution >= 4 is 17.9 Å². The van der Waals surface area contributed by atoms with Crippen molar-refractivity contribution in [3.05, 3.63) is 35.6 Å². The largest absolute Gasteiger partial charge is 0.480 e. The van der Waals surface area contributed by atoms with Crippen LogP contribution in [0.1, 0.15) is 5.56 Å². The predicted octanol–water partition coefficient (Wildman–Crippen LogP) is -0.174. The summed E-state index contributed by atoms with van der Waals surface area (Å²) in [6.07, 6.45) is 0. The fraction of sp³-hybridized carbons (Fsp3) is 0.250. The first kappa shape index (κ1) is 15.4. The highest BCUT2D eigenvalue weighted by atomic mass is 19.1. The lowest BCUT2D eigenvalue weighted by Crippen LogP contribution is -2.42. The van der Waals surface area contributed by atoms with Gasteiger partial charge in [-0.15, -0.1) is 0 Å². The number of hydrogen-bond acceptors (Lipinski definition) is 3. The second-order valence-electron chi connectivity index (χ2n) is 3.84. The van der Waals surface area contributed by atoms with Gasteiger partial charge in [-0.3, -0.25) is 9.59 Å². The Balaban J connectivity index is 2.23. The molecule has 0 atom stereocenters. The minimum absolute atomic E-state index is 0.111. The van der Waals surface area contributed by atoms with Crippen molar-refractivity contribution in [3.63, 3.8) is 0 Å².